The molecule has 0 saturated carbocycles. The zero-order valence-electron chi connectivity index (χ0n) is 12.3. The Morgan fingerprint density at radius 3 is 2.95 bits per heavy atom. The molecule has 1 aromatic carbocycles. The number of rotatable bonds is 1. The lowest BCUT2D eigenvalue weighted by atomic mass is 9.82. The van der Waals surface area contributed by atoms with Gasteiger partial charge in [0.15, 0.2) is 0 Å². The zero-order valence-corrected chi connectivity index (χ0v) is 12.3. The second-order valence-electron chi connectivity index (χ2n) is 6.92. The molecule has 3 rings (SSSR count). The van der Waals surface area contributed by atoms with Crippen LogP contribution in [0.5, 0.6) is 0 Å². The summed E-state index contributed by atoms with van der Waals surface area (Å²) in [6.45, 7) is 9.51. The lowest BCUT2D eigenvalue weighted by Gasteiger charge is -2.42. The van der Waals surface area contributed by atoms with E-state index in [1.807, 2.05) is 0 Å². The molecule has 2 heteroatoms. The van der Waals surface area contributed by atoms with Gasteiger partial charge in [-0.2, -0.15) is 0 Å². The summed E-state index contributed by atoms with van der Waals surface area (Å²) in [7, 11) is 0. The monoisotopic (exact) mass is 258 g/mol. The van der Waals surface area contributed by atoms with Gasteiger partial charge in [0.05, 0.1) is 0 Å². The van der Waals surface area contributed by atoms with Crippen LogP contribution in [0.15, 0.2) is 24.3 Å². The van der Waals surface area contributed by atoms with Gasteiger partial charge in [-0.05, 0) is 48.9 Å². The molecule has 104 valence electrons. The molecule has 1 N–H and O–H groups in total. The maximum Gasteiger partial charge on any atom is 0.0363 e. The van der Waals surface area contributed by atoms with Crippen molar-refractivity contribution in [2.45, 2.75) is 45.7 Å². The number of benzene rings is 1. The molecule has 2 heterocycles. The highest BCUT2D eigenvalue weighted by atomic mass is 15.2. The number of fused-ring (bicyclic) bond motifs is 1. The van der Waals surface area contributed by atoms with E-state index < -0.39 is 0 Å². The van der Waals surface area contributed by atoms with Crippen LogP contribution in [0.3, 0.4) is 0 Å². The van der Waals surface area contributed by atoms with Crippen LogP contribution in [0.1, 0.15) is 50.3 Å². The maximum atomic E-state index is 3.57. The summed E-state index contributed by atoms with van der Waals surface area (Å²) in [6, 6.07) is 9.62. The first-order valence-electron chi connectivity index (χ1n) is 7.68. The highest BCUT2D eigenvalue weighted by Crippen LogP contribution is 2.36. The molecule has 0 radical (unpaired) electrons. The molecule has 0 bridgehead atoms. The molecule has 19 heavy (non-hydrogen) atoms. The third-order valence-electron chi connectivity index (χ3n) is 4.69. The van der Waals surface area contributed by atoms with E-state index in [2.05, 4.69) is 48.3 Å². The minimum Gasteiger partial charge on any atom is -0.313 e. The normalized spacial score (nSPS) is 27.6. The number of piperidine rings is 1. The Labute approximate surface area is 117 Å². The smallest absolute Gasteiger partial charge is 0.0363 e. The molecule has 1 unspecified atom stereocenters. The second kappa shape index (κ2) is 5.26. The van der Waals surface area contributed by atoms with Gasteiger partial charge in [-0.1, -0.05) is 38.1 Å². The minimum absolute atomic E-state index is 0.479. The van der Waals surface area contributed by atoms with Crippen molar-refractivity contribution in [1.82, 2.24) is 10.2 Å². The molecule has 1 atom stereocenters. The summed E-state index contributed by atoms with van der Waals surface area (Å²) in [5, 5.41) is 3.57. The van der Waals surface area contributed by atoms with Gasteiger partial charge in [0.2, 0.25) is 0 Å². The summed E-state index contributed by atoms with van der Waals surface area (Å²) < 4.78 is 0. The minimum atomic E-state index is 0.479. The first-order valence-corrected chi connectivity index (χ1v) is 7.68. The fourth-order valence-corrected chi connectivity index (χ4v) is 3.75. The Kier molecular flexibility index (Phi) is 3.64. The van der Waals surface area contributed by atoms with E-state index >= 15 is 0 Å². The topological polar surface area (TPSA) is 15.3 Å². The van der Waals surface area contributed by atoms with Crippen molar-refractivity contribution in [3.63, 3.8) is 0 Å². The first kappa shape index (κ1) is 13.1. The number of hydrogen-bond acceptors (Lipinski definition) is 2. The zero-order chi connectivity index (χ0) is 13.3. The van der Waals surface area contributed by atoms with Crippen molar-refractivity contribution in [3.05, 3.63) is 35.4 Å². The van der Waals surface area contributed by atoms with Gasteiger partial charge in [0.1, 0.15) is 0 Å². The van der Waals surface area contributed by atoms with E-state index in [1.165, 1.54) is 37.9 Å². The van der Waals surface area contributed by atoms with Crippen LogP contribution in [0.25, 0.3) is 0 Å². The Hall–Kier alpha value is -0.860. The largest absolute Gasteiger partial charge is 0.313 e. The standard InChI is InChI=1S/C17H26N2/c1-17(2)9-5-11-19(13-17)16-8-10-18-12-14-6-3-4-7-15(14)16/h3-4,6-7,16,18H,5,8-13H2,1-2H3. The number of nitrogens with one attached hydrogen (secondary N) is 1. The molecular weight excluding hydrogens is 232 g/mol. The van der Waals surface area contributed by atoms with Crippen molar-refractivity contribution in [2.24, 2.45) is 5.41 Å². The predicted molar refractivity (Wildman–Crippen MR) is 80.1 cm³/mol. The molecule has 0 aliphatic carbocycles. The number of likely N-dealkylation sites (tertiary alicyclic amines) is 1. The van der Waals surface area contributed by atoms with Crippen LogP contribution >= 0.6 is 0 Å². The quantitative estimate of drug-likeness (QED) is 0.831. The van der Waals surface area contributed by atoms with Crippen LogP contribution in [-0.2, 0) is 6.54 Å². The molecule has 0 amide bonds. The maximum absolute atomic E-state index is 3.57. The summed E-state index contributed by atoms with van der Waals surface area (Å²) in [5.41, 5.74) is 3.53. The number of nitrogens with zero attached hydrogens (tertiary/aromatic N) is 1. The molecule has 1 aromatic rings. The van der Waals surface area contributed by atoms with E-state index in [4.69, 9.17) is 0 Å². The predicted octanol–water partition coefficient (Wildman–Crippen LogP) is 3.34. The third kappa shape index (κ3) is 2.85. The third-order valence-corrected chi connectivity index (χ3v) is 4.69. The first-order chi connectivity index (χ1) is 9.16. The van der Waals surface area contributed by atoms with Crippen LogP contribution in [0.2, 0.25) is 0 Å². The average Bonchev–Trinajstić information content (AvgIpc) is 2.59. The Balaban J connectivity index is 1.87. The number of hydrogen-bond donors (Lipinski definition) is 1. The van der Waals surface area contributed by atoms with Crippen LogP contribution in [0, 0.1) is 5.41 Å². The van der Waals surface area contributed by atoms with E-state index in [1.54, 1.807) is 5.56 Å². The summed E-state index contributed by atoms with van der Waals surface area (Å²) in [4.78, 5) is 2.73. The lowest BCUT2D eigenvalue weighted by Crippen LogP contribution is -2.42. The van der Waals surface area contributed by atoms with Gasteiger partial charge < -0.3 is 5.32 Å². The Bertz CT molecular complexity index is 439. The van der Waals surface area contributed by atoms with Crippen molar-refractivity contribution in [2.75, 3.05) is 19.6 Å². The van der Waals surface area contributed by atoms with Gasteiger partial charge in [-0.15, -0.1) is 0 Å². The van der Waals surface area contributed by atoms with Crippen molar-refractivity contribution < 1.29 is 0 Å². The molecule has 2 aliphatic rings. The van der Waals surface area contributed by atoms with E-state index in [-0.39, 0.29) is 0 Å². The second-order valence-corrected chi connectivity index (χ2v) is 6.92. The van der Waals surface area contributed by atoms with Gasteiger partial charge in [0, 0.05) is 19.1 Å². The fraction of sp³-hybridized carbons (Fsp3) is 0.647. The van der Waals surface area contributed by atoms with Crippen molar-refractivity contribution >= 4 is 0 Å². The molecular formula is C17H26N2. The Morgan fingerprint density at radius 2 is 2.11 bits per heavy atom. The van der Waals surface area contributed by atoms with Gasteiger partial charge in [0.25, 0.3) is 0 Å². The fourth-order valence-electron chi connectivity index (χ4n) is 3.75. The molecule has 2 aliphatic heterocycles. The van der Waals surface area contributed by atoms with Crippen LogP contribution < -0.4 is 5.32 Å². The molecule has 0 spiro atoms. The van der Waals surface area contributed by atoms with Crippen molar-refractivity contribution in [1.29, 1.82) is 0 Å². The molecule has 0 aromatic heterocycles. The SMILES string of the molecule is CC1(C)CCCN(C2CCNCc3ccccc32)C1. The van der Waals surface area contributed by atoms with Gasteiger partial charge in [-0.3, -0.25) is 4.90 Å². The molecule has 1 fully saturated rings. The average molecular weight is 258 g/mol. The van der Waals surface area contributed by atoms with Crippen molar-refractivity contribution in [3.8, 4) is 0 Å². The highest BCUT2D eigenvalue weighted by molar-refractivity contribution is 5.31. The van der Waals surface area contributed by atoms with Gasteiger partial charge in [-0.25, -0.2) is 0 Å². The molecule has 2 nitrogen and oxygen atoms in total. The van der Waals surface area contributed by atoms with E-state index in [0.717, 1.165) is 13.1 Å². The lowest BCUT2D eigenvalue weighted by molar-refractivity contribution is 0.0747. The van der Waals surface area contributed by atoms with Crippen LogP contribution in [-0.4, -0.2) is 24.5 Å². The molecule has 1 saturated heterocycles. The van der Waals surface area contributed by atoms with Crippen LogP contribution in [0.4, 0.5) is 0 Å². The highest BCUT2D eigenvalue weighted by Gasteiger charge is 2.32. The summed E-state index contributed by atoms with van der Waals surface area (Å²) in [5.74, 6) is 0. The van der Waals surface area contributed by atoms with E-state index in [0.29, 0.717) is 11.5 Å². The Morgan fingerprint density at radius 1 is 1.26 bits per heavy atom. The van der Waals surface area contributed by atoms with Gasteiger partial charge >= 0.3 is 0 Å². The van der Waals surface area contributed by atoms with E-state index in [9.17, 15) is 0 Å². The summed E-state index contributed by atoms with van der Waals surface area (Å²) in [6.07, 6.45) is 3.96. The summed E-state index contributed by atoms with van der Waals surface area (Å²) >= 11 is 0.